The fraction of sp³-hybridized carbons (Fsp3) is 0.278. The van der Waals surface area contributed by atoms with E-state index in [1.807, 2.05) is 0 Å². The number of amides is 1. The maximum atomic E-state index is 12.7. The van der Waals surface area contributed by atoms with Crippen LogP contribution in [0.5, 0.6) is 5.75 Å². The Morgan fingerprint density at radius 1 is 1.15 bits per heavy atom. The van der Waals surface area contributed by atoms with Crippen LogP contribution in [0.15, 0.2) is 53.4 Å². The standard InChI is InChI=1S/C18H21ClN2O4S/c1-21(15-5-4-6-16(22)13-15)26(24,25)17-10-8-14(9-11-17)20-18(23)7-2-3-12-19/h4-6,8-11,13,22H,2-3,7,12H2,1H3,(H,20,23). The van der Waals surface area contributed by atoms with Crippen molar-refractivity contribution in [2.75, 3.05) is 22.5 Å². The van der Waals surface area contributed by atoms with Gasteiger partial charge in [-0.15, -0.1) is 11.6 Å². The normalized spacial score (nSPS) is 11.2. The van der Waals surface area contributed by atoms with Crippen molar-refractivity contribution in [3.63, 3.8) is 0 Å². The predicted molar refractivity (Wildman–Crippen MR) is 103 cm³/mol. The molecule has 0 aliphatic heterocycles. The lowest BCUT2D eigenvalue weighted by molar-refractivity contribution is -0.116. The first-order valence-corrected chi connectivity index (χ1v) is 10.1. The van der Waals surface area contributed by atoms with Gasteiger partial charge in [0.2, 0.25) is 5.91 Å². The second kappa shape index (κ2) is 8.91. The lowest BCUT2D eigenvalue weighted by Crippen LogP contribution is -2.26. The number of phenolic OH excluding ortho intramolecular Hbond substituents is 1. The maximum Gasteiger partial charge on any atom is 0.264 e. The van der Waals surface area contributed by atoms with E-state index in [0.29, 0.717) is 30.1 Å². The maximum absolute atomic E-state index is 12.7. The molecule has 2 aromatic carbocycles. The van der Waals surface area contributed by atoms with E-state index in [-0.39, 0.29) is 16.6 Å². The van der Waals surface area contributed by atoms with Crippen molar-refractivity contribution in [1.82, 2.24) is 0 Å². The highest BCUT2D eigenvalue weighted by Crippen LogP contribution is 2.25. The summed E-state index contributed by atoms with van der Waals surface area (Å²) >= 11 is 5.58. The van der Waals surface area contributed by atoms with Crippen molar-refractivity contribution in [1.29, 1.82) is 0 Å². The summed E-state index contributed by atoms with van der Waals surface area (Å²) in [5.41, 5.74) is 0.876. The summed E-state index contributed by atoms with van der Waals surface area (Å²) in [6.45, 7) is 0. The molecule has 0 saturated heterocycles. The van der Waals surface area contributed by atoms with Crippen LogP contribution in [0.2, 0.25) is 0 Å². The molecular formula is C18H21ClN2O4S. The van der Waals surface area contributed by atoms with Gasteiger partial charge in [0.25, 0.3) is 10.0 Å². The van der Waals surface area contributed by atoms with Crippen molar-refractivity contribution in [2.24, 2.45) is 0 Å². The number of benzene rings is 2. The van der Waals surface area contributed by atoms with E-state index >= 15 is 0 Å². The Balaban J connectivity index is 2.10. The topological polar surface area (TPSA) is 86.7 Å². The number of hydrogen-bond acceptors (Lipinski definition) is 4. The average Bonchev–Trinajstić information content (AvgIpc) is 2.61. The van der Waals surface area contributed by atoms with Gasteiger partial charge in [0.1, 0.15) is 5.75 Å². The highest BCUT2D eigenvalue weighted by atomic mass is 35.5. The Bertz CT molecular complexity index is 854. The molecule has 0 aliphatic carbocycles. The molecule has 6 nitrogen and oxygen atoms in total. The van der Waals surface area contributed by atoms with E-state index in [2.05, 4.69) is 5.32 Å². The van der Waals surface area contributed by atoms with Gasteiger partial charge in [-0.25, -0.2) is 8.42 Å². The number of nitrogens with zero attached hydrogens (tertiary/aromatic N) is 1. The van der Waals surface area contributed by atoms with Crippen LogP contribution in [0.4, 0.5) is 11.4 Å². The Kier molecular flexibility index (Phi) is 6.88. The minimum absolute atomic E-state index is 0.0169. The van der Waals surface area contributed by atoms with Crippen molar-refractivity contribution in [3.8, 4) is 5.75 Å². The summed E-state index contributed by atoms with van der Waals surface area (Å²) < 4.78 is 26.5. The van der Waals surface area contributed by atoms with E-state index in [1.54, 1.807) is 24.3 Å². The predicted octanol–water partition coefficient (Wildman–Crippen LogP) is 3.56. The number of anilines is 2. The third-order valence-corrected chi connectivity index (χ3v) is 5.84. The Hall–Kier alpha value is -2.25. The SMILES string of the molecule is CN(c1cccc(O)c1)S(=O)(=O)c1ccc(NC(=O)CCCCCl)cc1. The molecule has 0 atom stereocenters. The minimum atomic E-state index is -3.78. The van der Waals surface area contributed by atoms with Crippen LogP contribution < -0.4 is 9.62 Å². The number of phenols is 1. The number of nitrogens with one attached hydrogen (secondary N) is 1. The second-order valence-corrected chi connectivity index (χ2v) is 8.06. The number of sulfonamides is 1. The number of carbonyl (C=O) groups is 1. The molecule has 0 bridgehead atoms. The van der Waals surface area contributed by atoms with Gasteiger partial charge in [0, 0.05) is 31.1 Å². The molecule has 2 N–H and O–H groups in total. The summed E-state index contributed by atoms with van der Waals surface area (Å²) in [6, 6.07) is 11.9. The highest BCUT2D eigenvalue weighted by Gasteiger charge is 2.21. The van der Waals surface area contributed by atoms with Crippen LogP contribution in [-0.4, -0.2) is 32.4 Å². The van der Waals surface area contributed by atoms with Crippen LogP contribution in [0.25, 0.3) is 0 Å². The van der Waals surface area contributed by atoms with E-state index in [9.17, 15) is 18.3 Å². The quantitative estimate of drug-likeness (QED) is 0.527. The van der Waals surface area contributed by atoms with Gasteiger partial charge in [-0.3, -0.25) is 9.10 Å². The van der Waals surface area contributed by atoms with Gasteiger partial charge >= 0.3 is 0 Å². The van der Waals surface area contributed by atoms with E-state index in [0.717, 1.165) is 10.7 Å². The van der Waals surface area contributed by atoms with Crippen LogP contribution in [-0.2, 0) is 14.8 Å². The van der Waals surface area contributed by atoms with Crippen LogP contribution >= 0.6 is 11.6 Å². The van der Waals surface area contributed by atoms with Crippen LogP contribution in [0.3, 0.4) is 0 Å². The number of hydrogen-bond donors (Lipinski definition) is 2. The first kappa shape index (κ1) is 20.1. The van der Waals surface area contributed by atoms with Gasteiger partial charge in [-0.05, 0) is 49.2 Å². The average molecular weight is 397 g/mol. The third kappa shape index (κ3) is 5.12. The summed E-state index contributed by atoms with van der Waals surface area (Å²) in [4.78, 5) is 11.9. The molecule has 2 rings (SSSR count). The van der Waals surface area contributed by atoms with Crippen LogP contribution in [0, 0.1) is 0 Å². The number of halogens is 1. The van der Waals surface area contributed by atoms with Crippen molar-refractivity contribution in [3.05, 3.63) is 48.5 Å². The fourth-order valence-corrected chi connectivity index (χ4v) is 3.68. The van der Waals surface area contributed by atoms with Gasteiger partial charge in [-0.2, -0.15) is 0 Å². The number of alkyl halides is 1. The molecule has 2 aromatic rings. The largest absolute Gasteiger partial charge is 0.508 e. The molecule has 0 fully saturated rings. The van der Waals surface area contributed by atoms with Crippen molar-refractivity contribution in [2.45, 2.75) is 24.2 Å². The first-order valence-electron chi connectivity index (χ1n) is 8.08. The summed E-state index contributed by atoms with van der Waals surface area (Å²) in [5.74, 6) is 0.367. The van der Waals surface area contributed by atoms with Crippen molar-refractivity contribution < 1.29 is 18.3 Å². The molecule has 0 aromatic heterocycles. The number of rotatable bonds is 8. The summed E-state index contributed by atoms with van der Waals surface area (Å²) in [5, 5.41) is 12.3. The van der Waals surface area contributed by atoms with E-state index in [1.165, 1.54) is 31.3 Å². The zero-order valence-electron chi connectivity index (χ0n) is 14.4. The number of aromatic hydroxyl groups is 1. The molecule has 0 spiro atoms. The fourth-order valence-electron chi connectivity index (χ4n) is 2.30. The van der Waals surface area contributed by atoms with E-state index < -0.39 is 10.0 Å². The highest BCUT2D eigenvalue weighted by molar-refractivity contribution is 7.92. The molecular weight excluding hydrogens is 376 g/mol. The van der Waals surface area contributed by atoms with Crippen molar-refractivity contribution >= 4 is 38.9 Å². The molecule has 0 heterocycles. The van der Waals surface area contributed by atoms with Gasteiger partial charge < -0.3 is 10.4 Å². The minimum Gasteiger partial charge on any atom is -0.508 e. The Morgan fingerprint density at radius 3 is 2.46 bits per heavy atom. The zero-order chi connectivity index (χ0) is 19.2. The lowest BCUT2D eigenvalue weighted by atomic mass is 10.2. The zero-order valence-corrected chi connectivity index (χ0v) is 15.9. The monoisotopic (exact) mass is 396 g/mol. The van der Waals surface area contributed by atoms with Gasteiger partial charge in [-0.1, -0.05) is 6.07 Å². The number of unbranched alkanes of at least 4 members (excludes halogenated alkanes) is 1. The van der Waals surface area contributed by atoms with Gasteiger partial charge in [0.15, 0.2) is 0 Å². The molecule has 0 saturated carbocycles. The smallest absolute Gasteiger partial charge is 0.264 e. The molecule has 8 heteroatoms. The Labute approximate surface area is 158 Å². The van der Waals surface area contributed by atoms with E-state index in [4.69, 9.17) is 11.6 Å². The summed E-state index contributed by atoms with van der Waals surface area (Å²) in [6.07, 6.45) is 1.84. The lowest BCUT2D eigenvalue weighted by Gasteiger charge is -2.19. The van der Waals surface area contributed by atoms with Gasteiger partial charge in [0.05, 0.1) is 10.6 Å². The third-order valence-electron chi connectivity index (χ3n) is 3.78. The first-order chi connectivity index (χ1) is 12.3. The molecule has 26 heavy (non-hydrogen) atoms. The molecule has 0 unspecified atom stereocenters. The molecule has 1 amide bonds. The Morgan fingerprint density at radius 2 is 1.85 bits per heavy atom. The molecule has 140 valence electrons. The molecule has 0 aliphatic rings. The second-order valence-electron chi connectivity index (χ2n) is 5.71. The number of carbonyl (C=O) groups excluding carboxylic acids is 1. The molecule has 0 radical (unpaired) electrons. The van der Waals surface area contributed by atoms with Crippen LogP contribution in [0.1, 0.15) is 19.3 Å². The summed E-state index contributed by atoms with van der Waals surface area (Å²) in [7, 11) is -2.36.